The first-order valence-electron chi connectivity index (χ1n) is 51.0. The maximum atomic E-state index is 6.32. The third-order valence-corrected chi connectivity index (χ3v) is 32.7. The highest BCUT2D eigenvalue weighted by Crippen LogP contribution is 2.57. The lowest BCUT2D eigenvalue weighted by Gasteiger charge is -2.21. The van der Waals surface area contributed by atoms with Gasteiger partial charge in [0.15, 0.2) is 11.6 Å². The monoisotopic (exact) mass is 1920 g/mol. The Bertz CT molecular complexity index is 11700. The lowest BCUT2D eigenvalue weighted by molar-refractivity contribution is 0.486. The van der Waals surface area contributed by atoms with Crippen LogP contribution in [0.5, 0.6) is 23.0 Å². The normalized spacial score (nSPS) is 12.5. The summed E-state index contributed by atoms with van der Waals surface area (Å²) in [5.74, 6) is 5.28. The Hall–Kier alpha value is -19.8. The highest BCUT2D eigenvalue weighted by Gasteiger charge is 2.33. The minimum absolute atomic E-state index is 0.650. The summed E-state index contributed by atoms with van der Waals surface area (Å²) in [5.41, 5.74) is 19.7. The quantitative estimate of drug-likeness (QED) is 0.156. The molecule has 0 atom stereocenters. The van der Waals surface area contributed by atoms with Crippen molar-refractivity contribution in [2.75, 3.05) is 0 Å². The summed E-state index contributed by atoms with van der Waals surface area (Å²) >= 11 is 1.80. The second-order valence-electron chi connectivity index (χ2n) is 39.4. The van der Waals surface area contributed by atoms with Crippen LogP contribution in [-0.2, 0) is 0 Å². The SMILES string of the molecule is c1cc(-c2nc3c4c(cccc4n2)Sc2ccccc2-3)cc(-n2c3ccccc3c3c4c5ccccc5c5ccccc5c4c4ccccc4c32)c1.c1ccc2c(c1)Oc1cccc3nc(-c4ccc(-n5c6ccccc6c6c7c8ccccc8c8ccccc8c7c7ccccc7c65)cc4)nc-2c13.c1ccc2c(c1)Oc1cccc3nc(-n4c5ccccc5c5c6c7ccccc7c7ccccc7c6c6ccccc6c54)nc-2c13. The van der Waals surface area contributed by atoms with Crippen LogP contribution >= 0.6 is 11.8 Å². The van der Waals surface area contributed by atoms with E-state index < -0.39 is 0 Å². The van der Waals surface area contributed by atoms with Gasteiger partial charge in [0.1, 0.15) is 23.0 Å². The van der Waals surface area contributed by atoms with Gasteiger partial charge in [0.25, 0.3) is 0 Å². The van der Waals surface area contributed by atoms with Gasteiger partial charge < -0.3 is 18.6 Å². The summed E-state index contributed by atoms with van der Waals surface area (Å²) in [6.45, 7) is 0. The molecule has 0 fully saturated rings. The van der Waals surface area contributed by atoms with Crippen molar-refractivity contribution in [1.29, 1.82) is 0 Å². The maximum absolute atomic E-state index is 6.32. The molecule has 3 aliphatic rings. The second kappa shape index (κ2) is 31.9. The fraction of sp³-hybridized carbons (Fsp3) is 0. The highest BCUT2D eigenvalue weighted by atomic mass is 32.2. The van der Waals surface area contributed by atoms with Crippen molar-refractivity contribution in [2.45, 2.75) is 9.79 Å². The molecule has 9 heterocycles. The van der Waals surface area contributed by atoms with Gasteiger partial charge in [-0.1, -0.05) is 358 Å². The van der Waals surface area contributed by atoms with Crippen LogP contribution in [0.15, 0.2) is 477 Å². The highest BCUT2D eigenvalue weighted by molar-refractivity contribution is 7.99. The van der Waals surface area contributed by atoms with Gasteiger partial charge in [-0.3, -0.25) is 4.57 Å². The Labute approximate surface area is 859 Å². The van der Waals surface area contributed by atoms with E-state index in [1.54, 1.807) is 11.8 Å². The molecule has 150 heavy (non-hydrogen) atoms. The minimum atomic E-state index is 0.650. The Kier molecular flexibility index (Phi) is 17.5. The van der Waals surface area contributed by atoms with Gasteiger partial charge in [-0.05, 0) is 218 Å². The van der Waals surface area contributed by atoms with Crippen molar-refractivity contribution in [3.63, 3.8) is 0 Å². The van der Waals surface area contributed by atoms with Gasteiger partial charge in [-0.25, -0.2) is 29.9 Å². The molecule has 6 aromatic heterocycles. The number of benzene rings is 26. The lowest BCUT2D eigenvalue weighted by atomic mass is 9.88. The fourth-order valence-corrected chi connectivity index (χ4v) is 26.7. The standard InChI is InChI=1S/C48H27N3O.C48H27N3S.C42H23N3O/c1-3-14-32-30(12-1)31-13-2-4-15-33(31)43-42(32)34-16-5-6-17-35(34)47-44(43)36-18-7-9-21-39(36)51(47)29-26-24-28(25-27-29)48-49-38-20-11-23-41-45(38)46(50-48)37-19-8-10-22-40(37)52-41;1-3-17-32-30(15-1)31-16-2-4-18-33(31)43-42(32)34-19-5-6-20-35(34)47-44(43)36-21-7-9-24-39(36)51(47)29-14-11-13-28(27-29)48-49-38-23-12-26-41-45(38)46(50-48)37-22-8-10-25-40(37)52-41;1-3-14-26-24(12-1)25-13-2-4-15-27(25)37-36(26)28-16-5-6-17-29(28)41-38(37)30-18-7-9-21-33(30)45(41)42-43-32-20-11-23-35-39(32)40(44-42)31-19-8-10-22-34(31)46-35/h2*1-27H;1-23H. The number of hydrogen-bond acceptors (Lipinski definition) is 9. The predicted molar refractivity (Wildman–Crippen MR) is 623 cm³/mol. The van der Waals surface area contributed by atoms with E-state index >= 15 is 0 Å². The van der Waals surface area contributed by atoms with Crippen molar-refractivity contribution >= 4 is 239 Å². The smallest absolute Gasteiger partial charge is 0.235 e. The van der Waals surface area contributed by atoms with Crippen molar-refractivity contribution < 1.29 is 9.47 Å². The molecule has 0 amide bonds. The van der Waals surface area contributed by atoms with Crippen molar-refractivity contribution in [1.82, 2.24) is 43.6 Å². The summed E-state index contributed by atoms with van der Waals surface area (Å²) in [7, 11) is 0. The number of para-hydroxylation sites is 5. The number of nitrogens with zero attached hydrogens (tertiary/aromatic N) is 9. The Morgan fingerprint density at radius 2 is 0.480 bits per heavy atom. The average Bonchev–Trinajstić information content (AvgIpc) is 1.50. The fourth-order valence-electron chi connectivity index (χ4n) is 25.5. The lowest BCUT2D eigenvalue weighted by Crippen LogP contribution is -2.06. The van der Waals surface area contributed by atoms with E-state index in [2.05, 4.69) is 414 Å². The summed E-state index contributed by atoms with van der Waals surface area (Å²) in [4.78, 5) is 33.8. The predicted octanol–water partition coefficient (Wildman–Crippen LogP) is 37.0. The Morgan fingerprint density at radius 3 is 0.933 bits per heavy atom. The number of fused-ring (bicyclic) bond motifs is 45. The van der Waals surface area contributed by atoms with E-state index in [-0.39, 0.29) is 0 Å². The molecule has 0 radical (unpaired) electrons. The van der Waals surface area contributed by atoms with Crippen LogP contribution in [0.25, 0.3) is 301 Å². The zero-order chi connectivity index (χ0) is 97.8. The van der Waals surface area contributed by atoms with E-state index in [1.807, 2.05) is 66.7 Å². The molecule has 692 valence electrons. The van der Waals surface area contributed by atoms with Gasteiger partial charge in [0, 0.05) is 119 Å². The molecule has 11 nitrogen and oxygen atoms in total. The van der Waals surface area contributed by atoms with Crippen LogP contribution in [0.4, 0.5) is 0 Å². The van der Waals surface area contributed by atoms with Gasteiger partial charge in [-0.15, -0.1) is 0 Å². The van der Waals surface area contributed by atoms with Gasteiger partial charge in [0.05, 0.1) is 77.5 Å². The van der Waals surface area contributed by atoms with E-state index in [9.17, 15) is 0 Å². The van der Waals surface area contributed by atoms with Crippen molar-refractivity contribution in [2.24, 2.45) is 0 Å². The van der Waals surface area contributed by atoms with Gasteiger partial charge in [0.2, 0.25) is 5.95 Å². The molecule has 0 saturated carbocycles. The molecule has 0 bridgehead atoms. The van der Waals surface area contributed by atoms with Crippen LogP contribution < -0.4 is 9.47 Å². The van der Waals surface area contributed by atoms with Gasteiger partial charge >= 0.3 is 0 Å². The summed E-state index contributed by atoms with van der Waals surface area (Å²) in [5, 5.41) is 40.9. The van der Waals surface area contributed by atoms with Crippen molar-refractivity contribution in [3.05, 3.63) is 467 Å². The molecule has 35 rings (SSSR count). The molecular weight excluding hydrogens is 1850 g/mol. The molecule has 0 unspecified atom stereocenters. The van der Waals surface area contributed by atoms with Crippen LogP contribution in [-0.4, -0.2) is 43.6 Å². The number of ether oxygens (including phenoxy) is 2. The molecule has 0 N–H and O–H groups in total. The number of hydrogen-bond donors (Lipinski definition) is 0. The first kappa shape index (κ1) is 82.6. The zero-order valence-electron chi connectivity index (χ0n) is 80.2. The van der Waals surface area contributed by atoms with Crippen molar-refractivity contribution in [3.8, 4) is 96.9 Å². The second-order valence-corrected chi connectivity index (χ2v) is 40.5. The molecule has 0 spiro atoms. The summed E-state index contributed by atoms with van der Waals surface area (Å²) < 4.78 is 19.8. The van der Waals surface area contributed by atoms with Crippen LogP contribution in [0, 0.1) is 0 Å². The third-order valence-electron chi connectivity index (χ3n) is 31.6. The van der Waals surface area contributed by atoms with E-state index in [4.69, 9.17) is 39.4 Å². The molecule has 0 aliphatic carbocycles. The summed E-state index contributed by atoms with van der Waals surface area (Å²) in [6, 6.07) is 167. The third kappa shape index (κ3) is 11.8. The van der Waals surface area contributed by atoms with Gasteiger partial charge in [-0.2, -0.15) is 0 Å². The Balaban J connectivity index is 0.0000000976. The molecule has 12 heteroatoms. The topological polar surface area (TPSA) is 111 Å². The largest absolute Gasteiger partial charge is 0.456 e. The van der Waals surface area contributed by atoms with E-state index in [1.165, 1.54) is 193 Å². The summed E-state index contributed by atoms with van der Waals surface area (Å²) in [6.07, 6.45) is 0. The average molecular weight is 1930 g/mol. The molecule has 3 aliphatic heterocycles. The first-order chi connectivity index (χ1) is 74.5. The van der Waals surface area contributed by atoms with E-state index in [0.29, 0.717) is 11.8 Å². The number of rotatable bonds is 5. The maximum Gasteiger partial charge on any atom is 0.235 e. The number of aromatic nitrogens is 9. The first-order valence-corrected chi connectivity index (χ1v) is 51.8. The minimum Gasteiger partial charge on any atom is -0.456 e. The van der Waals surface area contributed by atoms with Crippen LogP contribution in [0.1, 0.15) is 0 Å². The Morgan fingerprint density at radius 1 is 0.173 bits per heavy atom. The molecule has 32 aromatic rings. The molecular formula is C138H77N9O2S. The van der Waals surface area contributed by atoms with E-state index in [0.717, 1.165) is 129 Å². The molecule has 0 saturated heterocycles. The van der Waals surface area contributed by atoms with Crippen LogP contribution in [0.3, 0.4) is 0 Å². The zero-order valence-corrected chi connectivity index (χ0v) is 81.0. The van der Waals surface area contributed by atoms with Crippen LogP contribution in [0.2, 0.25) is 0 Å². The molecule has 26 aromatic carbocycles.